The van der Waals surface area contributed by atoms with Gasteiger partial charge in [-0.3, -0.25) is 14.5 Å². The highest BCUT2D eigenvalue weighted by Gasteiger charge is 2.41. The molecule has 2 heterocycles. The minimum absolute atomic E-state index is 0.0173. The number of ether oxygens (including phenoxy) is 2. The van der Waals surface area contributed by atoms with Gasteiger partial charge in [-0.1, -0.05) is 24.9 Å². The molecule has 8 heteroatoms. The number of aryl methyl sites for hydroxylation is 2. The molecule has 7 nitrogen and oxygen atoms in total. The molecule has 0 unspecified atom stereocenters. The topological polar surface area (TPSA) is 71.1 Å². The quantitative estimate of drug-likeness (QED) is 0.567. The number of halogens is 1. The van der Waals surface area contributed by atoms with E-state index >= 15 is 0 Å². The van der Waals surface area contributed by atoms with Crippen molar-refractivity contribution in [3.8, 4) is 5.75 Å². The number of morpholine rings is 1. The van der Waals surface area contributed by atoms with Crippen LogP contribution in [-0.2, 0) is 14.3 Å². The van der Waals surface area contributed by atoms with Crippen LogP contribution in [0.4, 0.5) is 0 Å². The first-order valence-electron chi connectivity index (χ1n) is 12.5. The molecule has 1 N–H and O–H groups in total. The molecular weight excluding hydrogens is 454 g/mol. The van der Waals surface area contributed by atoms with Gasteiger partial charge in [0.1, 0.15) is 18.0 Å². The third-order valence-corrected chi connectivity index (χ3v) is 7.39. The van der Waals surface area contributed by atoms with E-state index in [-0.39, 0.29) is 24.3 Å². The number of carbonyl (C=O) groups is 2. The first-order chi connectivity index (χ1) is 16.2. The van der Waals surface area contributed by atoms with E-state index in [0.29, 0.717) is 32.8 Å². The number of nitrogens with one attached hydrogen (secondary N) is 1. The Labute approximate surface area is 209 Å². The fourth-order valence-electron chi connectivity index (χ4n) is 4.89. The second-order valence-corrected chi connectivity index (χ2v) is 10.2. The lowest BCUT2D eigenvalue weighted by Crippen LogP contribution is -2.57. The average molecular weight is 494 g/mol. The average Bonchev–Trinajstić information content (AvgIpc) is 2.80. The summed E-state index contributed by atoms with van der Waals surface area (Å²) >= 11 is 6.33. The maximum Gasteiger partial charge on any atom is 0.225 e. The Morgan fingerprint density at radius 1 is 1.21 bits per heavy atom. The Hall–Kier alpha value is -1.83. The molecule has 3 rings (SSSR count). The molecule has 190 valence electrons. The standard InChI is InChI=1S/C26H40ClN3O4/c1-5-6-9-29-12-13-34-26(17-29,18-33-23-14-19(2)25(27)20(3)15-23)16-24(32)30-10-7-22(8-11-30)28-21(4)31/h14-15,22H,5-13,16-18H2,1-4H3,(H,28,31)/t26-/m1/s1. The van der Waals surface area contributed by atoms with E-state index in [2.05, 4.69) is 17.1 Å². The van der Waals surface area contributed by atoms with Crippen molar-refractivity contribution in [3.63, 3.8) is 0 Å². The number of hydrogen-bond acceptors (Lipinski definition) is 5. The number of unbranched alkanes of at least 4 members (excludes halogenated alkanes) is 1. The summed E-state index contributed by atoms with van der Waals surface area (Å²) in [7, 11) is 0. The van der Waals surface area contributed by atoms with E-state index in [1.165, 1.54) is 6.92 Å². The number of benzene rings is 1. The third kappa shape index (κ3) is 7.33. The molecular formula is C26H40ClN3O4. The Morgan fingerprint density at radius 2 is 1.88 bits per heavy atom. The normalized spacial score (nSPS) is 22.0. The second-order valence-electron chi connectivity index (χ2n) is 9.85. The molecule has 34 heavy (non-hydrogen) atoms. The summed E-state index contributed by atoms with van der Waals surface area (Å²) < 4.78 is 12.6. The fourth-order valence-corrected chi connectivity index (χ4v) is 5.00. The Morgan fingerprint density at radius 3 is 2.50 bits per heavy atom. The van der Waals surface area contributed by atoms with Crippen LogP contribution in [0, 0.1) is 13.8 Å². The monoisotopic (exact) mass is 493 g/mol. The minimum Gasteiger partial charge on any atom is -0.490 e. The van der Waals surface area contributed by atoms with Crippen molar-refractivity contribution in [3.05, 3.63) is 28.3 Å². The van der Waals surface area contributed by atoms with Gasteiger partial charge >= 0.3 is 0 Å². The van der Waals surface area contributed by atoms with Crippen LogP contribution >= 0.6 is 11.6 Å². The molecule has 0 radical (unpaired) electrons. The van der Waals surface area contributed by atoms with Gasteiger partial charge < -0.3 is 19.7 Å². The number of rotatable bonds is 9. The summed E-state index contributed by atoms with van der Waals surface area (Å²) in [4.78, 5) is 29.0. The summed E-state index contributed by atoms with van der Waals surface area (Å²) in [5.74, 6) is 0.818. The van der Waals surface area contributed by atoms with Gasteiger partial charge in [0.2, 0.25) is 11.8 Å². The van der Waals surface area contributed by atoms with Gasteiger partial charge in [0.05, 0.1) is 13.0 Å². The zero-order valence-corrected chi connectivity index (χ0v) is 21.9. The predicted octanol–water partition coefficient (Wildman–Crippen LogP) is 3.72. The maximum atomic E-state index is 13.4. The van der Waals surface area contributed by atoms with Gasteiger partial charge in [-0.2, -0.15) is 0 Å². The van der Waals surface area contributed by atoms with E-state index < -0.39 is 5.60 Å². The lowest BCUT2D eigenvalue weighted by Gasteiger charge is -2.43. The molecule has 0 aromatic heterocycles. The highest BCUT2D eigenvalue weighted by molar-refractivity contribution is 6.32. The maximum absolute atomic E-state index is 13.4. The van der Waals surface area contributed by atoms with Crippen molar-refractivity contribution in [1.82, 2.24) is 15.1 Å². The molecule has 2 amide bonds. The fraction of sp³-hybridized carbons (Fsp3) is 0.692. The molecule has 2 fully saturated rings. The number of hydrogen-bond donors (Lipinski definition) is 1. The van der Waals surface area contributed by atoms with Crippen molar-refractivity contribution in [1.29, 1.82) is 0 Å². The highest BCUT2D eigenvalue weighted by atomic mass is 35.5. The van der Waals surface area contributed by atoms with E-state index in [1.807, 2.05) is 30.9 Å². The summed E-state index contributed by atoms with van der Waals surface area (Å²) in [5, 5.41) is 3.72. The first-order valence-corrected chi connectivity index (χ1v) is 12.9. The molecule has 0 saturated carbocycles. The lowest BCUT2D eigenvalue weighted by molar-refractivity contribution is -0.156. The zero-order valence-electron chi connectivity index (χ0n) is 21.1. The van der Waals surface area contributed by atoms with Gasteiger partial charge in [0.15, 0.2) is 0 Å². The van der Waals surface area contributed by atoms with Crippen LogP contribution in [0.25, 0.3) is 0 Å². The van der Waals surface area contributed by atoms with Crippen molar-refractivity contribution in [2.45, 2.75) is 71.4 Å². The van der Waals surface area contributed by atoms with Crippen LogP contribution in [-0.4, -0.2) is 79.2 Å². The Balaban J connectivity index is 1.69. The van der Waals surface area contributed by atoms with Gasteiger partial charge in [0, 0.05) is 44.2 Å². The van der Waals surface area contributed by atoms with Crippen molar-refractivity contribution in [2.24, 2.45) is 0 Å². The van der Waals surface area contributed by atoms with E-state index in [0.717, 1.165) is 60.7 Å². The van der Waals surface area contributed by atoms with Crippen molar-refractivity contribution >= 4 is 23.4 Å². The summed E-state index contributed by atoms with van der Waals surface area (Å²) in [5.41, 5.74) is 1.25. The van der Waals surface area contributed by atoms with Gasteiger partial charge in [0.25, 0.3) is 0 Å². The molecule has 0 spiro atoms. The number of amides is 2. The minimum atomic E-state index is -0.695. The number of piperidine rings is 1. The van der Waals surface area contributed by atoms with E-state index in [4.69, 9.17) is 21.1 Å². The van der Waals surface area contributed by atoms with Crippen LogP contribution in [0.1, 0.15) is 57.1 Å². The summed E-state index contributed by atoms with van der Waals surface area (Å²) in [6, 6.07) is 4.02. The molecule has 1 aromatic rings. The number of likely N-dealkylation sites (tertiary alicyclic amines) is 1. The lowest BCUT2D eigenvalue weighted by atomic mass is 9.95. The van der Waals surface area contributed by atoms with Gasteiger partial charge in [-0.15, -0.1) is 0 Å². The van der Waals surface area contributed by atoms with E-state index in [1.54, 1.807) is 0 Å². The van der Waals surface area contributed by atoms with Crippen molar-refractivity contribution in [2.75, 3.05) is 45.9 Å². The third-order valence-electron chi connectivity index (χ3n) is 6.80. The van der Waals surface area contributed by atoms with Crippen LogP contribution < -0.4 is 10.1 Å². The van der Waals surface area contributed by atoms with E-state index in [9.17, 15) is 9.59 Å². The van der Waals surface area contributed by atoms with Crippen LogP contribution in [0.2, 0.25) is 5.02 Å². The second kappa shape index (κ2) is 12.2. The molecule has 2 aliphatic heterocycles. The highest BCUT2D eigenvalue weighted by Crippen LogP contribution is 2.29. The van der Waals surface area contributed by atoms with Crippen LogP contribution in [0.15, 0.2) is 12.1 Å². The zero-order chi connectivity index (χ0) is 24.7. The summed E-state index contributed by atoms with van der Waals surface area (Å²) in [6.45, 7) is 12.4. The number of nitrogens with zero attached hydrogens (tertiary/aromatic N) is 2. The molecule has 2 saturated heterocycles. The summed E-state index contributed by atoms with van der Waals surface area (Å²) in [6.07, 6.45) is 4.10. The smallest absolute Gasteiger partial charge is 0.225 e. The van der Waals surface area contributed by atoms with Crippen LogP contribution in [0.5, 0.6) is 5.75 Å². The largest absolute Gasteiger partial charge is 0.490 e. The Kier molecular flexibility index (Phi) is 9.63. The first kappa shape index (κ1) is 26.8. The molecule has 1 aromatic carbocycles. The number of carbonyl (C=O) groups excluding carboxylic acids is 2. The van der Waals surface area contributed by atoms with Gasteiger partial charge in [-0.05, 0) is 62.9 Å². The molecule has 0 aliphatic carbocycles. The molecule has 0 bridgehead atoms. The predicted molar refractivity (Wildman–Crippen MR) is 134 cm³/mol. The van der Waals surface area contributed by atoms with Crippen LogP contribution in [0.3, 0.4) is 0 Å². The van der Waals surface area contributed by atoms with Crippen molar-refractivity contribution < 1.29 is 19.1 Å². The molecule has 1 atom stereocenters. The van der Waals surface area contributed by atoms with Gasteiger partial charge in [-0.25, -0.2) is 0 Å². The molecule has 2 aliphatic rings. The Bertz CT molecular complexity index is 833. The SMILES string of the molecule is CCCCN1CCO[C@](COc2cc(C)c(Cl)c(C)c2)(CC(=O)N2CCC(NC(C)=O)CC2)C1.